The number of ether oxygens (including phenoxy) is 1. The summed E-state index contributed by atoms with van der Waals surface area (Å²) in [4.78, 5) is 0. The standard InChI is InChI=1S/C11H14BFO/c1-3-11(12,4-2)14-10-7-5-9(13)6-8-10/h5-8H,3-4H2,1-2H3. The average Bonchev–Trinajstić information content (AvgIpc) is 2.21. The molecule has 0 N–H and O–H groups in total. The van der Waals surface area contributed by atoms with E-state index in [0.29, 0.717) is 5.75 Å². The van der Waals surface area contributed by atoms with Gasteiger partial charge in [0.05, 0.1) is 5.50 Å². The van der Waals surface area contributed by atoms with Crippen LogP contribution in [0, 0.1) is 5.82 Å². The van der Waals surface area contributed by atoms with Crippen LogP contribution in [0.25, 0.3) is 0 Å². The molecule has 0 amide bonds. The molecule has 0 bridgehead atoms. The second-order valence-electron chi connectivity index (χ2n) is 3.33. The Morgan fingerprint density at radius 1 is 1.21 bits per heavy atom. The van der Waals surface area contributed by atoms with Crippen molar-refractivity contribution in [3.63, 3.8) is 0 Å². The van der Waals surface area contributed by atoms with Crippen molar-refractivity contribution in [1.82, 2.24) is 0 Å². The molecular formula is C11H14BFO. The van der Waals surface area contributed by atoms with E-state index < -0.39 is 5.50 Å². The number of benzene rings is 1. The molecule has 74 valence electrons. The Bertz CT molecular complexity index is 280. The topological polar surface area (TPSA) is 9.23 Å². The maximum absolute atomic E-state index is 12.6. The van der Waals surface area contributed by atoms with Gasteiger partial charge in [-0.15, -0.1) is 0 Å². The fraction of sp³-hybridized carbons (Fsp3) is 0.455. The van der Waals surface area contributed by atoms with Crippen molar-refractivity contribution in [3.05, 3.63) is 30.1 Å². The van der Waals surface area contributed by atoms with Gasteiger partial charge in [0.2, 0.25) is 0 Å². The van der Waals surface area contributed by atoms with Crippen LogP contribution in [-0.2, 0) is 0 Å². The Morgan fingerprint density at radius 3 is 2.14 bits per heavy atom. The van der Waals surface area contributed by atoms with E-state index in [1.54, 1.807) is 12.1 Å². The van der Waals surface area contributed by atoms with E-state index in [2.05, 4.69) is 0 Å². The van der Waals surface area contributed by atoms with Crippen molar-refractivity contribution >= 4 is 7.85 Å². The molecule has 0 aliphatic rings. The van der Waals surface area contributed by atoms with Crippen molar-refractivity contribution in [1.29, 1.82) is 0 Å². The molecule has 1 aromatic rings. The van der Waals surface area contributed by atoms with Gasteiger partial charge in [0, 0.05) is 0 Å². The van der Waals surface area contributed by atoms with Crippen LogP contribution in [0.4, 0.5) is 4.39 Å². The number of hydrogen-bond acceptors (Lipinski definition) is 1. The predicted molar refractivity (Wildman–Crippen MR) is 56.1 cm³/mol. The maximum Gasteiger partial charge on any atom is 0.131 e. The smallest absolute Gasteiger partial charge is 0.131 e. The molecule has 0 aliphatic heterocycles. The Labute approximate surface area is 85.7 Å². The fourth-order valence-corrected chi connectivity index (χ4v) is 1.13. The molecule has 1 rings (SSSR count). The zero-order valence-electron chi connectivity index (χ0n) is 8.59. The number of rotatable bonds is 4. The maximum atomic E-state index is 12.6. The summed E-state index contributed by atoms with van der Waals surface area (Å²) in [6, 6.07) is 5.90. The SMILES string of the molecule is [B]C(CC)(CC)Oc1ccc(F)cc1. The third kappa shape index (κ3) is 2.76. The van der Waals surface area contributed by atoms with Gasteiger partial charge in [0.25, 0.3) is 0 Å². The summed E-state index contributed by atoms with van der Waals surface area (Å²) in [5.74, 6) is 0.338. The van der Waals surface area contributed by atoms with Crippen LogP contribution in [0.1, 0.15) is 26.7 Å². The molecule has 1 aromatic carbocycles. The van der Waals surface area contributed by atoms with Gasteiger partial charge in [-0.25, -0.2) is 4.39 Å². The van der Waals surface area contributed by atoms with Gasteiger partial charge in [-0.05, 0) is 37.1 Å². The summed E-state index contributed by atoms with van der Waals surface area (Å²) in [6.07, 6.45) is 1.45. The number of halogens is 1. The van der Waals surface area contributed by atoms with Gasteiger partial charge < -0.3 is 4.74 Å². The molecule has 1 nitrogen and oxygen atoms in total. The predicted octanol–water partition coefficient (Wildman–Crippen LogP) is 2.89. The van der Waals surface area contributed by atoms with Gasteiger partial charge in [-0.2, -0.15) is 0 Å². The average molecular weight is 192 g/mol. The Hall–Kier alpha value is -0.985. The van der Waals surface area contributed by atoms with Crippen molar-refractivity contribution in [3.8, 4) is 5.75 Å². The van der Waals surface area contributed by atoms with Gasteiger partial charge in [0.15, 0.2) is 0 Å². The summed E-state index contributed by atoms with van der Waals surface area (Å²) in [7, 11) is 5.95. The first kappa shape index (κ1) is 11.1. The fourth-order valence-electron chi connectivity index (χ4n) is 1.13. The molecule has 3 heteroatoms. The molecule has 0 saturated carbocycles. The van der Waals surface area contributed by atoms with Gasteiger partial charge >= 0.3 is 0 Å². The van der Waals surface area contributed by atoms with Crippen LogP contribution in [0.5, 0.6) is 5.75 Å². The van der Waals surface area contributed by atoms with E-state index in [-0.39, 0.29) is 5.82 Å². The lowest BCUT2D eigenvalue weighted by atomic mass is 9.77. The first-order valence-corrected chi connectivity index (χ1v) is 4.83. The molecule has 0 heterocycles. The minimum atomic E-state index is -0.641. The van der Waals surface area contributed by atoms with E-state index in [9.17, 15) is 4.39 Å². The van der Waals surface area contributed by atoms with Crippen LogP contribution in [0.15, 0.2) is 24.3 Å². The molecule has 14 heavy (non-hydrogen) atoms. The summed E-state index contributed by atoms with van der Waals surface area (Å²) in [6.45, 7) is 3.93. The second kappa shape index (κ2) is 4.49. The molecule has 0 saturated heterocycles. The minimum absolute atomic E-state index is 0.270. The lowest BCUT2D eigenvalue weighted by molar-refractivity contribution is 0.147. The van der Waals surface area contributed by atoms with Crippen molar-refractivity contribution in [2.75, 3.05) is 0 Å². The number of hydrogen-bond donors (Lipinski definition) is 0. The Balaban J connectivity index is 2.72. The van der Waals surface area contributed by atoms with E-state index in [1.807, 2.05) is 13.8 Å². The van der Waals surface area contributed by atoms with Crippen molar-refractivity contribution < 1.29 is 9.13 Å². The zero-order chi connectivity index (χ0) is 10.6. The third-order valence-electron chi connectivity index (χ3n) is 2.33. The first-order chi connectivity index (χ1) is 6.59. The second-order valence-corrected chi connectivity index (χ2v) is 3.33. The summed E-state index contributed by atoms with van der Waals surface area (Å²) in [5.41, 5.74) is -0.641. The largest absolute Gasteiger partial charge is 0.497 e. The van der Waals surface area contributed by atoms with Crippen LogP contribution in [0.3, 0.4) is 0 Å². The minimum Gasteiger partial charge on any atom is -0.497 e. The molecule has 0 unspecified atom stereocenters. The van der Waals surface area contributed by atoms with Crippen LogP contribution in [-0.4, -0.2) is 13.3 Å². The Morgan fingerprint density at radius 2 is 1.71 bits per heavy atom. The van der Waals surface area contributed by atoms with Gasteiger partial charge in [-0.1, -0.05) is 13.8 Å². The first-order valence-electron chi connectivity index (χ1n) is 4.83. The molecule has 2 radical (unpaired) electrons. The van der Waals surface area contributed by atoms with E-state index in [4.69, 9.17) is 12.6 Å². The normalized spacial score (nSPS) is 11.4. The summed E-state index contributed by atoms with van der Waals surface area (Å²) in [5, 5.41) is 0. The van der Waals surface area contributed by atoms with Crippen molar-refractivity contribution in [2.45, 2.75) is 32.2 Å². The third-order valence-corrected chi connectivity index (χ3v) is 2.33. The van der Waals surface area contributed by atoms with E-state index in [1.165, 1.54) is 12.1 Å². The molecule has 0 fully saturated rings. The van der Waals surface area contributed by atoms with Gasteiger partial charge in [0.1, 0.15) is 19.4 Å². The lowest BCUT2D eigenvalue weighted by Gasteiger charge is -2.29. The lowest BCUT2D eigenvalue weighted by Crippen LogP contribution is -2.34. The van der Waals surface area contributed by atoms with Crippen LogP contribution in [0.2, 0.25) is 0 Å². The van der Waals surface area contributed by atoms with E-state index in [0.717, 1.165) is 12.8 Å². The monoisotopic (exact) mass is 192 g/mol. The highest BCUT2D eigenvalue weighted by Crippen LogP contribution is 2.21. The highest BCUT2D eigenvalue weighted by molar-refractivity contribution is 6.14. The molecule has 0 atom stereocenters. The zero-order valence-corrected chi connectivity index (χ0v) is 8.59. The Kier molecular flexibility index (Phi) is 3.56. The molecular weight excluding hydrogens is 178 g/mol. The van der Waals surface area contributed by atoms with Crippen LogP contribution >= 0.6 is 0 Å². The molecule has 0 aromatic heterocycles. The molecule has 0 spiro atoms. The highest BCUT2D eigenvalue weighted by Gasteiger charge is 2.20. The van der Waals surface area contributed by atoms with E-state index >= 15 is 0 Å². The molecule has 0 aliphatic carbocycles. The van der Waals surface area contributed by atoms with Crippen molar-refractivity contribution in [2.24, 2.45) is 0 Å². The summed E-state index contributed by atoms with van der Waals surface area (Å²) >= 11 is 0. The van der Waals surface area contributed by atoms with Gasteiger partial charge in [-0.3, -0.25) is 0 Å². The summed E-state index contributed by atoms with van der Waals surface area (Å²) < 4.78 is 18.2. The van der Waals surface area contributed by atoms with Crippen LogP contribution < -0.4 is 4.74 Å². The quantitative estimate of drug-likeness (QED) is 0.666. The highest BCUT2D eigenvalue weighted by atomic mass is 19.1.